The van der Waals surface area contributed by atoms with Crippen LogP contribution >= 0.6 is 0 Å². The van der Waals surface area contributed by atoms with E-state index in [0.717, 1.165) is 10.8 Å². The van der Waals surface area contributed by atoms with Crippen LogP contribution in [0.1, 0.15) is 6.92 Å². The van der Waals surface area contributed by atoms with Crippen molar-refractivity contribution in [1.82, 2.24) is 0 Å². The topological polar surface area (TPSA) is 59.8 Å². The van der Waals surface area contributed by atoms with Crippen molar-refractivity contribution in [3.63, 3.8) is 0 Å². The predicted octanol–water partition coefficient (Wildman–Crippen LogP) is 2.94. The van der Waals surface area contributed by atoms with E-state index >= 15 is 0 Å². The van der Waals surface area contributed by atoms with Gasteiger partial charge in [0.1, 0.15) is 11.3 Å². The molecule has 0 radical (unpaired) electrons. The second-order valence-electron chi connectivity index (χ2n) is 5.06. The van der Waals surface area contributed by atoms with E-state index in [4.69, 9.17) is 9.15 Å². The molecule has 3 aromatic rings. The summed E-state index contributed by atoms with van der Waals surface area (Å²) in [6.45, 7) is 1.47. The molecule has 0 spiro atoms. The average Bonchev–Trinajstić information content (AvgIpc) is 2.53. The van der Waals surface area contributed by atoms with Crippen molar-refractivity contribution < 1.29 is 13.9 Å². The van der Waals surface area contributed by atoms with Crippen molar-refractivity contribution in [2.75, 3.05) is 19.1 Å². The van der Waals surface area contributed by atoms with Gasteiger partial charge in [0.25, 0.3) is 0 Å². The lowest BCUT2D eigenvalue weighted by atomic mass is 10.1. The molecular formula is C17H15NO4. The van der Waals surface area contributed by atoms with Gasteiger partial charge in [-0.05, 0) is 24.3 Å². The van der Waals surface area contributed by atoms with Crippen molar-refractivity contribution in [3.8, 4) is 5.75 Å². The quantitative estimate of drug-likeness (QED) is 0.539. The number of benzene rings is 2. The summed E-state index contributed by atoms with van der Waals surface area (Å²) in [7, 11) is 3.22. The highest BCUT2D eigenvalue weighted by Gasteiger charge is 2.12. The first-order chi connectivity index (χ1) is 10.5. The van der Waals surface area contributed by atoms with Gasteiger partial charge in [0, 0.05) is 36.5 Å². The van der Waals surface area contributed by atoms with Crippen LogP contribution in [0.5, 0.6) is 5.75 Å². The molecule has 0 aliphatic heterocycles. The Bertz CT molecular complexity index is 942. The maximum atomic E-state index is 12.2. The first-order valence-corrected chi connectivity index (χ1v) is 6.80. The molecule has 3 rings (SSSR count). The molecule has 0 saturated heterocycles. The first-order valence-electron chi connectivity index (χ1n) is 6.80. The molecule has 1 aromatic heterocycles. The Morgan fingerprint density at radius 2 is 1.82 bits per heavy atom. The van der Waals surface area contributed by atoms with Crippen LogP contribution in [-0.4, -0.2) is 20.1 Å². The van der Waals surface area contributed by atoms with Gasteiger partial charge in [-0.15, -0.1) is 0 Å². The van der Waals surface area contributed by atoms with E-state index in [2.05, 4.69) is 0 Å². The minimum Gasteiger partial charge on any atom is -0.497 e. The molecule has 0 aliphatic rings. The van der Waals surface area contributed by atoms with Gasteiger partial charge in [-0.1, -0.05) is 6.07 Å². The van der Waals surface area contributed by atoms with Crippen LogP contribution in [-0.2, 0) is 4.79 Å². The van der Waals surface area contributed by atoms with E-state index in [1.165, 1.54) is 11.8 Å². The molecule has 5 nitrogen and oxygen atoms in total. The van der Waals surface area contributed by atoms with Crippen LogP contribution in [0.15, 0.2) is 45.6 Å². The highest BCUT2D eigenvalue weighted by atomic mass is 16.5. The lowest BCUT2D eigenvalue weighted by molar-refractivity contribution is -0.116. The minimum atomic E-state index is -0.436. The Kier molecular flexibility index (Phi) is 3.33. The summed E-state index contributed by atoms with van der Waals surface area (Å²) < 4.78 is 10.5. The third kappa shape index (κ3) is 2.20. The van der Waals surface area contributed by atoms with E-state index < -0.39 is 5.63 Å². The molecule has 22 heavy (non-hydrogen) atoms. The number of carbonyl (C=O) groups excluding carboxylic acids is 1. The Morgan fingerprint density at radius 3 is 2.50 bits per heavy atom. The summed E-state index contributed by atoms with van der Waals surface area (Å²) in [4.78, 5) is 25.2. The lowest BCUT2D eigenvalue weighted by Gasteiger charge is -2.15. The second kappa shape index (κ2) is 5.18. The van der Waals surface area contributed by atoms with Crippen LogP contribution in [0.25, 0.3) is 21.7 Å². The highest BCUT2D eigenvalue weighted by molar-refractivity contribution is 6.06. The zero-order valence-electron chi connectivity index (χ0n) is 12.5. The van der Waals surface area contributed by atoms with Gasteiger partial charge in [-0.3, -0.25) is 4.79 Å². The summed E-state index contributed by atoms with van der Waals surface area (Å²) in [6.07, 6.45) is 0. The number of nitrogens with zero attached hydrogens (tertiary/aromatic N) is 1. The number of hydrogen-bond donors (Lipinski definition) is 0. The van der Waals surface area contributed by atoms with E-state index in [-0.39, 0.29) is 5.91 Å². The molecular weight excluding hydrogens is 282 g/mol. The predicted molar refractivity (Wildman–Crippen MR) is 85.6 cm³/mol. The lowest BCUT2D eigenvalue weighted by Crippen LogP contribution is -2.22. The van der Waals surface area contributed by atoms with Crippen molar-refractivity contribution in [2.24, 2.45) is 0 Å². The number of hydrogen-bond acceptors (Lipinski definition) is 4. The largest absolute Gasteiger partial charge is 0.497 e. The van der Waals surface area contributed by atoms with Crippen molar-refractivity contribution >= 4 is 33.3 Å². The number of amides is 1. The molecule has 0 aliphatic carbocycles. The van der Waals surface area contributed by atoms with E-state index in [1.807, 2.05) is 24.3 Å². The van der Waals surface area contributed by atoms with Crippen molar-refractivity contribution in [1.29, 1.82) is 0 Å². The van der Waals surface area contributed by atoms with Crippen LogP contribution < -0.4 is 15.3 Å². The highest BCUT2D eigenvalue weighted by Crippen LogP contribution is 2.28. The number of fused-ring (bicyclic) bond motifs is 3. The zero-order valence-corrected chi connectivity index (χ0v) is 12.5. The summed E-state index contributed by atoms with van der Waals surface area (Å²) in [5, 5.41) is 2.06. The smallest absolute Gasteiger partial charge is 0.344 e. The molecule has 0 bridgehead atoms. The average molecular weight is 297 g/mol. The SMILES string of the molecule is COc1ccc2c(c1)oc(=O)c1cc(N(C)C(C)=O)ccc12. The molecule has 0 unspecified atom stereocenters. The standard InChI is InChI=1S/C17H15NO4/c1-10(19)18(2)11-4-6-13-14-7-5-12(21-3)9-16(14)22-17(20)15(13)8-11/h4-9H,1-3H3. The van der Waals surface area contributed by atoms with Crippen molar-refractivity contribution in [2.45, 2.75) is 6.92 Å². The van der Waals surface area contributed by atoms with Gasteiger partial charge >= 0.3 is 5.63 Å². The van der Waals surface area contributed by atoms with Crippen molar-refractivity contribution in [3.05, 3.63) is 46.8 Å². The first kappa shape index (κ1) is 14.1. The van der Waals surface area contributed by atoms with Gasteiger partial charge < -0.3 is 14.1 Å². The maximum Gasteiger partial charge on any atom is 0.344 e. The molecule has 1 amide bonds. The fraction of sp³-hybridized carbons (Fsp3) is 0.176. The zero-order chi connectivity index (χ0) is 15.9. The van der Waals surface area contributed by atoms with Gasteiger partial charge in [0.05, 0.1) is 12.5 Å². The van der Waals surface area contributed by atoms with Crippen LogP contribution in [0, 0.1) is 0 Å². The maximum absolute atomic E-state index is 12.2. The Hall–Kier alpha value is -2.82. The minimum absolute atomic E-state index is 0.103. The Labute approximate surface area is 126 Å². The monoisotopic (exact) mass is 297 g/mol. The molecule has 0 fully saturated rings. The van der Waals surface area contributed by atoms with Crippen LogP contribution in [0.3, 0.4) is 0 Å². The van der Waals surface area contributed by atoms with Crippen LogP contribution in [0.2, 0.25) is 0 Å². The van der Waals surface area contributed by atoms with Gasteiger partial charge in [-0.2, -0.15) is 0 Å². The molecule has 5 heteroatoms. The molecule has 0 N–H and O–H groups in total. The summed E-state index contributed by atoms with van der Waals surface area (Å²) >= 11 is 0. The molecule has 0 atom stereocenters. The fourth-order valence-corrected chi connectivity index (χ4v) is 2.42. The number of carbonyl (C=O) groups is 1. The number of ether oxygens (including phenoxy) is 1. The summed E-state index contributed by atoms with van der Waals surface area (Å²) in [6, 6.07) is 10.7. The van der Waals surface area contributed by atoms with E-state index in [0.29, 0.717) is 22.4 Å². The molecule has 2 aromatic carbocycles. The van der Waals surface area contributed by atoms with E-state index in [9.17, 15) is 9.59 Å². The second-order valence-corrected chi connectivity index (χ2v) is 5.06. The fourth-order valence-electron chi connectivity index (χ4n) is 2.42. The third-order valence-electron chi connectivity index (χ3n) is 3.76. The Balaban J connectivity index is 2.31. The van der Waals surface area contributed by atoms with Gasteiger partial charge in [-0.25, -0.2) is 4.79 Å². The summed E-state index contributed by atoms with van der Waals surface area (Å²) in [5.74, 6) is 0.525. The molecule has 112 valence electrons. The van der Waals surface area contributed by atoms with Crippen LogP contribution in [0.4, 0.5) is 5.69 Å². The van der Waals surface area contributed by atoms with Gasteiger partial charge in [0.2, 0.25) is 5.91 Å². The normalized spacial score (nSPS) is 10.9. The van der Waals surface area contributed by atoms with Gasteiger partial charge in [0.15, 0.2) is 0 Å². The van der Waals surface area contributed by atoms with E-state index in [1.54, 1.807) is 26.3 Å². The third-order valence-corrected chi connectivity index (χ3v) is 3.76. The molecule has 0 saturated carbocycles. The number of anilines is 1. The molecule has 1 heterocycles. The number of rotatable bonds is 2. The Morgan fingerprint density at radius 1 is 1.09 bits per heavy atom. The summed E-state index contributed by atoms with van der Waals surface area (Å²) in [5.41, 5.74) is 0.694. The number of methoxy groups -OCH3 is 1.